The number of fused-ring (bicyclic) bond motifs is 2. The Kier molecular flexibility index (Phi) is 4.31. The van der Waals surface area contributed by atoms with Crippen LogP contribution in [0.1, 0.15) is 30.8 Å². The van der Waals surface area contributed by atoms with Gasteiger partial charge in [-0.25, -0.2) is 0 Å². The van der Waals surface area contributed by atoms with Crippen LogP contribution in [0, 0.1) is 12.8 Å². The van der Waals surface area contributed by atoms with Gasteiger partial charge in [0.1, 0.15) is 11.5 Å². The average molecular weight is 293 g/mol. The molecule has 0 radical (unpaired) electrons. The number of hydrogen-bond donors (Lipinski definition) is 0. The van der Waals surface area contributed by atoms with Gasteiger partial charge in [-0.1, -0.05) is 0 Å². The summed E-state index contributed by atoms with van der Waals surface area (Å²) < 4.78 is 16.5. The minimum Gasteiger partial charge on any atom is -0.464 e. The largest absolute Gasteiger partial charge is 0.464 e. The number of hydrogen-bond acceptors (Lipinski definition) is 4. The van der Waals surface area contributed by atoms with E-state index in [0.717, 1.165) is 30.8 Å². The van der Waals surface area contributed by atoms with E-state index < -0.39 is 0 Å². The van der Waals surface area contributed by atoms with Crippen LogP contribution in [0.2, 0.25) is 0 Å². The van der Waals surface area contributed by atoms with Crippen LogP contribution in [0.15, 0.2) is 16.5 Å². The van der Waals surface area contributed by atoms with Gasteiger partial charge in [-0.2, -0.15) is 0 Å². The molecule has 2 fully saturated rings. The number of rotatable bonds is 6. The van der Waals surface area contributed by atoms with Crippen molar-refractivity contribution in [3.8, 4) is 0 Å². The van der Waals surface area contributed by atoms with Crippen LogP contribution in [-0.4, -0.2) is 43.3 Å². The fraction of sp³-hybridized carbons (Fsp3) is 0.688. The third-order valence-corrected chi connectivity index (χ3v) is 4.44. The Morgan fingerprint density at radius 2 is 2.29 bits per heavy atom. The molecule has 2 aliphatic heterocycles. The van der Waals surface area contributed by atoms with Crippen molar-refractivity contribution in [3.63, 3.8) is 0 Å². The highest BCUT2D eigenvalue weighted by molar-refractivity contribution is 5.80. The molecule has 2 bridgehead atoms. The van der Waals surface area contributed by atoms with E-state index in [4.69, 9.17) is 13.9 Å². The summed E-state index contributed by atoms with van der Waals surface area (Å²) in [6.45, 7) is 3.54. The van der Waals surface area contributed by atoms with Gasteiger partial charge in [-0.05, 0) is 38.3 Å². The van der Waals surface area contributed by atoms with Crippen LogP contribution >= 0.6 is 0 Å². The van der Waals surface area contributed by atoms with Crippen LogP contribution in [0.25, 0.3) is 0 Å². The lowest BCUT2D eigenvalue weighted by atomic mass is 9.88. The molecule has 0 N–H and O–H groups in total. The maximum absolute atomic E-state index is 12.8. The highest BCUT2D eigenvalue weighted by Crippen LogP contribution is 2.39. The van der Waals surface area contributed by atoms with E-state index in [1.807, 2.05) is 24.0 Å². The van der Waals surface area contributed by atoms with Crippen molar-refractivity contribution in [1.29, 1.82) is 0 Å². The van der Waals surface area contributed by atoms with E-state index in [2.05, 4.69) is 0 Å². The summed E-state index contributed by atoms with van der Waals surface area (Å²) in [6, 6.07) is 3.86. The minimum atomic E-state index is 0.0108. The molecule has 3 heterocycles. The zero-order chi connectivity index (χ0) is 14.8. The van der Waals surface area contributed by atoms with Crippen LogP contribution in [0.3, 0.4) is 0 Å². The number of carbonyl (C=O) groups excluding carboxylic acids is 1. The number of carbonyl (C=O) groups is 1. The van der Waals surface area contributed by atoms with Crippen molar-refractivity contribution in [2.75, 3.05) is 20.3 Å². The number of aryl methyl sites for hydroxylation is 1. The van der Waals surface area contributed by atoms with E-state index in [0.29, 0.717) is 25.8 Å². The van der Waals surface area contributed by atoms with Gasteiger partial charge in [-0.3, -0.25) is 4.79 Å². The molecule has 116 valence electrons. The molecule has 0 aliphatic carbocycles. The number of methoxy groups -OCH3 is 1. The number of amides is 1. The summed E-state index contributed by atoms with van der Waals surface area (Å²) in [6.07, 6.45) is 3.39. The Balaban J connectivity index is 1.67. The molecule has 2 aliphatic rings. The smallest absolute Gasteiger partial charge is 0.228 e. The van der Waals surface area contributed by atoms with Crippen LogP contribution in [0.4, 0.5) is 0 Å². The zero-order valence-electron chi connectivity index (χ0n) is 12.7. The van der Waals surface area contributed by atoms with Gasteiger partial charge in [-0.15, -0.1) is 0 Å². The maximum atomic E-state index is 12.8. The molecule has 2 saturated heterocycles. The summed E-state index contributed by atoms with van der Waals surface area (Å²) in [5.41, 5.74) is 0. The highest BCUT2D eigenvalue weighted by Gasteiger charge is 2.45. The summed E-state index contributed by atoms with van der Waals surface area (Å²) in [5, 5.41) is 0. The Hall–Kier alpha value is -1.33. The number of furan rings is 1. The normalized spacial score (nSPS) is 27.2. The fourth-order valence-electron chi connectivity index (χ4n) is 3.36. The monoisotopic (exact) mass is 293 g/mol. The molecule has 3 atom stereocenters. The predicted octanol–water partition coefficient (Wildman–Crippen LogP) is 2.13. The van der Waals surface area contributed by atoms with Crippen molar-refractivity contribution in [2.24, 2.45) is 5.92 Å². The lowest BCUT2D eigenvalue weighted by Gasteiger charge is -2.27. The SMILES string of the molecule is COCCN(Cc1ccc(C)o1)C(=O)[C@@H]1C[C@H]2CC[C@H]1O2. The molecule has 0 unspecified atom stereocenters. The van der Waals surface area contributed by atoms with E-state index in [9.17, 15) is 4.79 Å². The first kappa shape index (κ1) is 14.6. The molecule has 1 aromatic rings. The summed E-state index contributed by atoms with van der Waals surface area (Å²) >= 11 is 0. The van der Waals surface area contributed by atoms with Gasteiger partial charge >= 0.3 is 0 Å². The topological polar surface area (TPSA) is 51.9 Å². The second kappa shape index (κ2) is 6.20. The second-order valence-corrected chi connectivity index (χ2v) is 5.98. The molecule has 1 amide bonds. The molecule has 1 aromatic heterocycles. The zero-order valence-corrected chi connectivity index (χ0v) is 12.7. The standard InChI is InChI=1S/C16H23NO4/c1-11-3-4-13(20-11)10-17(7-8-19-2)16(18)14-9-12-5-6-15(14)21-12/h3-4,12,14-15H,5-10H2,1-2H3/t12-,14-,15-/m1/s1. The molecule has 21 heavy (non-hydrogen) atoms. The van der Waals surface area contributed by atoms with Gasteiger partial charge in [0.2, 0.25) is 5.91 Å². The Morgan fingerprint density at radius 1 is 1.43 bits per heavy atom. The van der Waals surface area contributed by atoms with Gasteiger partial charge in [0.15, 0.2) is 0 Å². The minimum absolute atomic E-state index is 0.0108. The summed E-state index contributed by atoms with van der Waals surface area (Å²) in [4.78, 5) is 14.6. The van der Waals surface area contributed by atoms with E-state index in [1.165, 1.54) is 0 Å². The maximum Gasteiger partial charge on any atom is 0.228 e. The Morgan fingerprint density at radius 3 is 2.86 bits per heavy atom. The summed E-state index contributed by atoms with van der Waals surface area (Å²) in [5.74, 6) is 1.87. The molecular formula is C16H23NO4. The first-order valence-electron chi connectivity index (χ1n) is 7.66. The van der Waals surface area contributed by atoms with Crippen LogP contribution in [0.5, 0.6) is 0 Å². The molecule has 5 nitrogen and oxygen atoms in total. The lowest BCUT2D eigenvalue weighted by molar-refractivity contribution is -0.138. The van der Waals surface area contributed by atoms with Crippen molar-refractivity contribution in [3.05, 3.63) is 23.7 Å². The van der Waals surface area contributed by atoms with Crippen molar-refractivity contribution in [2.45, 2.75) is 44.9 Å². The molecule has 3 rings (SSSR count). The van der Waals surface area contributed by atoms with Crippen molar-refractivity contribution < 1.29 is 18.7 Å². The van der Waals surface area contributed by atoms with E-state index in [-0.39, 0.29) is 17.9 Å². The first-order valence-corrected chi connectivity index (χ1v) is 7.66. The van der Waals surface area contributed by atoms with Gasteiger partial charge in [0.05, 0.1) is 31.3 Å². The predicted molar refractivity (Wildman–Crippen MR) is 76.7 cm³/mol. The third kappa shape index (κ3) is 3.14. The Bertz CT molecular complexity index is 498. The highest BCUT2D eigenvalue weighted by atomic mass is 16.5. The van der Waals surface area contributed by atoms with Gasteiger partial charge in [0, 0.05) is 13.7 Å². The van der Waals surface area contributed by atoms with E-state index >= 15 is 0 Å². The fourth-order valence-corrected chi connectivity index (χ4v) is 3.36. The second-order valence-electron chi connectivity index (χ2n) is 5.98. The molecule has 0 spiro atoms. The van der Waals surface area contributed by atoms with Gasteiger partial charge < -0.3 is 18.8 Å². The van der Waals surface area contributed by atoms with Crippen molar-refractivity contribution >= 4 is 5.91 Å². The number of nitrogens with zero attached hydrogens (tertiary/aromatic N) is 1. The molecular weight excluding hydrogens is 270 g/mol. The molecule has 0 aromatic carbocycles. The first-order chi connectivity index (χ1) is 10.2. The quantitative estimate of drug-likeness (QED) is 0.806. The third-order valence-electron chi connectivity index (χ3n) is 4.44. The van der Waals surface area contributed by atoms with Crippen LogP contribution < -0.4 is 0 Å². The molecule has 0 saturated carbocycles. The lowest BCUT2D eigenvalue weighted by Crippen LogP contribution is -2.41. The number of ether oxygens (including phenoxy) is 2. The van der Waals surface area contributed by atoms with Crippen LogP contribution in [-0.2, 0) is 20.8 Å². The van der Waals surface area contributed by atoms with Gasteiger partial charge in [0.25, 0.3) is 0 Å². The summed E-state index contributed by atoms with van der Waals surface area (Å²) in [7, 11) is 1.65. The average Bonchev–Trinajstić information content (AvgIpc) is 3.19. The molecule has 5 heteroatoms. The Labute approximate surface area is 125 Å². The van der Waals surface area contributed by atoms with Crippen molar-refractivity contribution in [1.82, 2.24) is 4.90 Å². The van der Waals surface area contributed by atoms with E-state index in [1.54, 1.807) is 7.11 Å².